The van der Waals surface area contributed by atoms with Crippen LogP contribution in [0.4, 0.5) is 0 Å². The fraction of sp³-hybridized carbons (Fsp3) is 0.353. The van der Waals surface area contributed by atoms with Crippen molar-refractivity contribution in [3.8, 4) is 6.07 Å². The monoisotopic (exact) mass is 330 g/mol. The van der Waals surface area contributed by atoms with Crippen LogP contribution in [0.2, 0.25) is 5.15 Å². The zero-order chi connectivity index (χ0) is 17.0. The summed E-state index contributed by atoms with van der Waals surface area (Å²) < 4.78 is 1.63. The second-order valence-electron chi connectivity index (χ2n) is 5.53. The lowest BCUT2D eigenvalue weighted by Gasteiger charge is -2.15. The largest absolute Gasteiger partial charge is 0.341 e. The zero-order valence-corrected chi connectivity index (χ0v) is 14.3. The lowest BCUT2D eigenvalue weighted by atomic mass is 10.1. The number of aromatic nitrogens is 2. The predicted octanol–water partition coefficient (Wildman–Crippen LogP) is 3.19. The van der Waals surface area contributed by atoms with E-state index >= 15 is 0 Å². The summed E-state index contributed by atoms with van der Waals surface area (Å²) in [5.41, 5.74) is 3.25. The Kier molecular flexibility index (Phi) is 5.41. The van der Waals surface area contributed by atoms with Crippen molar-refractivity contribution in [2.45, 2.75) is 26.8 Å². The lowest BCUT2D eigenvalue weighted by molar-refractivity contribution is 0.0797. The molecule has 2 rings (SSSR count). The van der Waals surface area contributed by atoms with E-state index in [1.807, 2.05) is 37.3 Å². The highest BCUT2D eigenvalue weighted by Gasteiger charge is 2.23. The molecule has 0 N–H and O–H groups in total. The number of carbonyl (C=O) groups is 1. The Morgan fingerprint density at radius 3 is 2.61 bits per heavy atom. The number of halogens is 1. The fourth-order valence-electron chi connectivity index (χ4n) is 2.28. The molecule has 0 saturated heterocycles. The number of aryl methyl sites for hydroxylation is 2. The van der Waals surface area contributed by atoms with Gasteiger partial charge in [0.1, 0.15) is 5.15 Å². The molecule has 1 aromatic carbocycles. The van der Waals surface area contributed by atoms with E-state index in [1.54, 1.807) is 18.7 Å². The summed E-state index contributed by atoms with van der Waals surface area (Å²) >= 11 is 6.37. The minimum absolute atomic E-state index is 0.210. The number of rotatable bonds is 5. The molecule has 0 spiro atoms. The first-order valence-corrected chi connectivity index (χ1v) is 7.72. The van der Waals surface area contributed by atoms with Gasteiger partial charge in [0.05, 0.1) is 30.3 Å². The molecule has 1 aromatic heterocycles. The summed E-state index contributed by atoms with van der Waals surface area (Å²) in [5, 5.41) is 13.3. The van der Waals surface area contributed by atoms with Gasteiger partial charge in [0.2, 0.25) is 0 Å². The molecule has 120 valence electrons. The standard InChI is InChI=1S/C17H19ClN4O/c1-12-5-7-14(8-6-12)11-22-16(18)15(13(2)20-22)17(23)21(3)10-4-9-19/h5-8H,4,10-11H2,1-3H3. The van der Waals surface area contributed by atoms with Gasteiger partial charge >= 0.3 is 0 Å². The zero-order valence-electron chi connectivity index (χ0n) is 13.5. The van der Waals surface area contributed by atoms with Crippen LogP contribution < -0.4 is 0 Å². The van der Waals surface area contributed by atoms with Crippen molar-refractivity contribution in [3.05, 3.63) is 51.8 Å². The van der Waals surface area contributed by atoms with Gasteiger partial charge in [-0.15, -0.1) is 0 Å². The second-order valence-corrected chi connectivity index (χ2v) is 5.89. The molecule has 1 amide bonds. The average molecular weight is 331 g/mol. The molecule has 0 saturated carbocycles. The maximum absolute atomic E-state index is 12.5. The van der Waals surface area contributed by atoms with Crippen LogP contribution in [0.1, 0.15) is 33.6 Å². The van der Waals surface area contributed by atoms with Crippen molar-refractivity contribution in [2.24, 2.45) is 0 Å². The van der Waals surface area contributed by atoms with Gasteiger partial charge in [0.25, 0.3) is 5.91 Å². The molecule has 0 radical (unpaired) electrons. The Bertz CT molecular complexity index is 743. The third kappa shape index (κ3) is 3.91. The highest BCUT2D eigenvalue weighted by atomic mass is 35.5. The number of amides is 1. The molecule has 0 aliphatic rings. The van der Waals surface area contributed by atoms with E-state index in [4.69, 9.17) is 16.9 Å². The van der Waals surface area contributed by atoms with E-state index in [2.05, 4.69) is 5.10 Å². The van der Waals surface area contributed by atoms with Crippen LogP contribution in [-0.2, 0) is 6.54 Å². The molecule has 23 heavy (non-hydrogen) atoms. The van der Waals surface area contributed by atoms with Crippen molar-refractivity contribution in [1.82, 2.24) is 14.7 Å². The number of nitrogens with zero attached hydrogens (tertiary/aromatic N) is 4. The van der Waals surface area contributed by atoms with Crippen LogP contribution in [0.5, 0.6) is 0 Å². The molecule has 0 aliphatic carbocycles. The number of carbonyl (C=O) groups excluding carboxylic acids is 1. The third-order valence-electron chi connectivity index (χ3n) is 3.64. The van der Waals surface area contributed by atoms with Gasteiger partial charge in [-0.1, -0.05) is 41.4 Å². The van der Waals surface area contributed by atoms with Gasteiger partial charge in [-0.25, -0.2) is 4.68 Å². The normalized spacial score (nSPS) is 10.4. The third-order valence-corrected chi connectivity index (χ3v) is 4.02. The van der Waals surface area contributed by atoms with E-state index in [0.29, 0.717) is 29.5 Å². The lowest BCUT2D eigenvalue weighted by Crippen LogP contribution is -2.28. The summed E-state index contributed by atoms with van der Waals surface area (Å²) in [6.07, 6.45) is 0.288. The van der Waals surface area contributed by atoms with Crippen LogP contribution in [0.3, 0.4) is 0 Å². The molecular weight excluding hydrogens is 312 g/mol. The fourth-order valence-corrected chi connectivity index (χ4v) is 2.59. The minimum atomic E-state index is -0.210. The summed E-state index contributed by atoms with van der Waals surface area (Å²) in [6, 6.07) is 10.1. The van der Waals surface area contributed by atoms with Crippen LogP contribution in [0.15, 0.2) is 24.3 Å². The molecule has 2 aromatic rings. The first-order valence-electron chi connectivity index (χ1n) is 7.35. The highest BCUT2D eigenvalue weighted by molar-refractivity contribution is 6.33. The summed E-state index contributed by atoms with van der Waals surface area (Å²) in [7, 11) is 1.66. The topological polar surface area (TPSA) is 61.9 Å². The first kappa shape index (κ1) is 17.0. The Morgan fingerprint density at radius 1 is 1.35 bits per heavy atom. The van der Waals surface area contributed by atoms with E-state index in [-0.39, 0.29) is 12.3 Å². The Labute approximate surface area is 141 Å². The SMILES string of the molecule is Cc1ccc(Cn2nc(C)c(C(=O)N(C)CCC#N)c2Cl)cc1. The van der Waals surface area contributed by atoms with Crippen molar-refractivity contribution in [1.29, 1.82) is 5.26 Å². The quantitative estimate of drug-likeness (QED) is 0.845. The molecular formula is C17H19ClN4O. The van der Waals surface area contributed by atoms with Crippen LogP contribution in [0, 0.1) is 25.2 Å². The van der Waals surface area contributed by atoms with Gasteiger partial charge < -0.3 is 4.90 Å². The number of benzene rings is 1. The van der Waals surface area contributed by atoms with Crippen molar-refractivity contribution < 1.29 is 4.79 Å². The van der Waals surface area contributed by atoms with E-state index in [0.717, 1.165) is 5.56 Å². The maximum atomic E-state index is 12.5. The van der Waals surface area contributed by atoms with Crippen molar-refractivity contribution in [3.63, 3.8) is 0 Å². The van der Waals surface area contributed by atoms with Gasteiger partial charge in [0.15, 0.2) is 0 Å². The highest BCUT2D eigenvalue weighted by Crippen LogP contribution is 2.22. The average Bonchev–Trinajstić information content (AvgIpc) is 2.80. The van der Waals surface area contributed by atoms with Crippen molar-refractivity contribution >= 4 is 17.5 Å². The summed E-state index contributed by atoms with van der Waals surface area (Å²) in [6.45, 7) is 4.68. The van der Waals surface area contributed by atoms with Crippen LogP contribution in [0.25, 0.3) is 0 Å². The van der Waals surface area contributed by atoms with Gasteiger partial charge in [0, 0.05) is 13.6 Å². The van der Waals surface area contributed by atoms with Gasteiger partial charge in [-0.05, 0) is 19.4 Å². The molecule has 5 nitrogen and oxygen atoms in total. The molecule has 6 heteroatoms. The van der Waals surface area contributed by atoms with Crippen LogP contribution in [-0.4, -0.2) is 34.2 Å². The van der Waals surface area contributed by atoms with Crippen LogP contribution >= 0.6 is 11.6 Å². The van der Waals surface area contributed by atoms with E-state index in [1.165, 1.54) is 10.5 Å². The number of nitriles is 1. The predicted molar refractivity (Wildman–Crippen MR) is 89.4 cm³/mol. The van der Waals surface area contributed by atoms with Crippen molar-refractivity contribution in [2.75, 3.05) is 13.6 Å². The number of hydrogen-bond acceptors (Lipinski definition) is 3. The number of hydrogen-bond donors (Lipinski definition) is 0. The van der Waals surface area contributed by atoms with Gasteiger partial charge in [-0.3, -0.25) is 4.79 Å². The molecule has 0 fully saturated rings. The Balaban J connectivity index is 2.23. The minimum Gasteiger partial charge on any atom is -0.341 e. The van der Waals surface area contributed by atoms with E-state index in [9.17, 15) is 4.79 Å². The molecule has 1 heterocycles. The smallest absolute Gasteiger partial charge is 0.258 e. The summed E-state index contributed by atoms with van der Waals surface area (Å²) in [5.74, 6) is -0.210. The second kappa shape index (κ2) is 7.30. The maximum Gasteiger partial charge on any atom is 0.258 e. The Hall–Kier alpha value is -2.32. The molecule has 0 aliphatic heterocycles. The van der Waals surface area contributed by atoms with E-state index < -0.39 is 0 Å². The van der Waals surface area contributed by atoms with Gasteiger partial charge in [-0.2, -0.15) is 10.4 Å². The molecule has 0 bridgehead atoms. The molecule has 0 atom stereocenters. The molecule has 0 unspecified atom stereocenters. The first-order chi connectivity index (χ1) is 10.9. The summed E-state index contributed by atoms with van der Waals surface area (Å²) in [4.78, 5) is 14.0. The Morgan fingerprint density at radius 2 is 2.00 bits per heavy atom.